The van der Waals surface area contributed by atoms with Crippen molar-refractivity contribution in [1.82, 2.24) is 0 Å². The Morgan fingerprint density at radius 3 is 2.80 bits per heavy atom. The van der Waals surface area contributed by atoms with Crippen molar-refractivity contribution in [3.8, 4) is 5.75 Å². The normalized spacial score (nSPS) is 12.2. The highest BCUT2D eigenvalue weighted by Crippen LogP contribution is 2.28. The third-order valence-corrected chi connectivity index (χ3v) is 2.78. The standard InChI is InChI=1S/C11H13IO3/c1-3-15-10-6-8(12)4-5-9(10)7(2)11(13)14/h4-7H,3H2,1-2H3,(H,13,14). The highest BCUT2D eigenvalue weighted by molar-refractivity contribution is 14.1. The number of hydrogen-bond acceptors (Lipinski definition) is 2. The van der Waals surface area contributed by atoms with Gasteiger partial charge in [-0.15, -0.1) is 0 Å². The van der Waals surface area contributed by atoms with Gasteiger partial charge in [-0.1, -0.05) is 6.07 Å². The minimum atomic E-state index is -0.836. The zero-order chi connectivity index (χ0) is 11.4. The van der Waals surface area contributed by atoms with Crippen LogP contribution >= 0.6 is 22.6 Å². The zero-order valence-electron chi connectivity index (χ0n) is 8.66. The van der Waals surface area contributed by atoms with Crippen molar-refractivity contribution in [3.05, 3.63) is 27.3 Å². The Hall–Kier alpha value is -0.780. The van der Waals surface area contributed by atoms with Gasteiger partial charge in [-0.25, -0.2) is 0 Å². The number of ether oxygens (including phenoxy) is 1. The molecular formula is C11H13IO3. The van der Waals surface area contributed by atoms with Crippen LogP contribution in [0.1, 0.15) is 25.3 Å². The van der Waals surface area contributed by atoms with E-state index < -0.39 is 11.9 Å². The summed E-state index contributed by atoms with van der Waals surface area (Å²) in [5, 5.41) is 8.94. The van der Waals surface area contributed by atoms with Crippen molar-refractivity contribution in [1.29, 1.82) is 0 Å². The molecule has 82 valence electrons. The zero-order valence-corrected chi connectivity index (χ0v) is 10.8. The number of carboxylic acid groups (broad SMARTS) is 1. The first-order valence-corrected chi connectivity index (χ1v) is 5.79. The largest absolute Gasteiger partial charge is 0.494 e. The highest BCUT2D eigenvalue weighted by atomic mass is 127. The van der Waals surface area contributed by atoms with E-state index >= 15 is 0 Å². The molecule has 0 aliphatic heterocycles. The maximum atomic E-state index is 10.9. The molecule has 0 spiro atoms. The van der Waals surface area contributed by atoms with E-state index in [4.69, 9.17) is 9.84 Å². The van der Waals surface area contributed by atoms with Crippen LogP contribution in [0.15, 0.2) is 18.2 Å². The molecule has 0 amide bonds. The maximum absolute atomic E-state index is 10.9. The second kappa shape index (κ2) is 5.34. The van der Waals surface area contributed by atoms with E-state index in [1.54, 1.807) is 6.92 Å². The molecule has 0 bridgehead atoms. The molecule has 0 fully saturated rings. The fourth-order valence-corrected chi connectivity index (χ4v) is 1.74. The summed E-state index contributed by atoms with van der Waals surface area (Å²) in [4.78, 5) is 10.9. The van der Waals surface area contributed by atoms with Crippen LogP contribution in [0.5, 0.6) is 5.75 Å². The van der Waals surface area contributed by atoms with Crippen LogP contribution in [-0.4, -0.2) is 17.7 Å². The smallest absolute Gasteiger partial charge is 0.310 e. The van der Waals surface area contributed by atoms with Gasteiger partial charge in [0.15, 0.2) is 0 Å². The van der Waals surface area contributed by atoms with Gasteiger partial charge in [0.2, 0.25) is 0 Å². The lowest BCUT2D eigenvalue weighted by atomic mass is 10.0. The van der Waals surface area contributed by atoms with Gasteiger partial charge < -0.3 is 9.84 Å². The summed E-state index contributed by atoms with van der Waals surface area (Å²) in [6.07, 6.45) is 0. The van der Waals surface area contributed by atoms with Crippen LogP contribution < -0.4 is 4.74 Å². The van der Waals surface area contributed by atoms with Crippen molar-refractivity contribution < 1.29 is 14.6 Å². The van der Waals surface area contributed by atoms with E-state index in [1.807, 2.05) is 25.1 Å². The SMILES string of the molecule is CCOc1cc(I)ccc1C(C)C(=O)O. The first-order valence-electron chi connectivity index (χ1n) is 4.71. The van der Waals surface area contributed by atoms with Gasteiger partial charge in [0.25, 0.3) is 0 Å². The minimum absolute atomic E-state index is 0.538. The molecule has 1 N–H and O–H groups in total. The van der Waals surface area contributed by atoms with Crippen LogP contribution in [0.25, 0.3) is 0 Å². The Balaban J connectivity index is 3.10. The molecule has 0 heterocycles. The van der Waals surface area contributed by atoms with Crippen molar-refractivity contribution in [2.75, 3.05) is 6.61 Å². The molecule has 1 atom stereocenters. The van der Waals surface area contributed by atoms with Crippen molar-refractivity contribution in [2.45, 2.75) is 19.8 Å². The molecule has 0 aliphatic rings. The maximum Gasteiger partial charge on any atom is 0.310 e. The van der Waals surface area contributed by atoms with Crippen LogP contribution in [0.3, 0.4) is 0 Å². The Bertz CT molecular complexity index is 363. The van der Waals surface area contributed by atoms with E-state index in [9.17, 15) is 4.79 Å². The van der Waals surface area contributed by atoms with E-state index in [0.29, 0.717) is 12.4 Å². The molecule has 15 heavy (non-hydrogen) atoms. The molecule has 0 aromatic heterocycles. The molecule has 1 unspecified atom stereocenters. The van der Waals surface area contributed by atoms with Gasteiger partial charge in [-0.3, -0.25) is 4.79 Å². The number of carbonyl (C=O) groups is 1. The second-order valence-electron chi connectivity index (χ2n) is 3.18. The summed E-state index contributed by atoms with van der Waals surface area (Å²) in [6.45, 7) is 4.08. The molecule has 0 saturated carbocycles. The lowest BCUT2D eigenvalue weighted by Crippen LogP contribution is -2.09. The molecule has 1 rings (SSSR count). The Morgan fingerprint density at radius 1 is 1.60 bits per heavy atom. The van der Waals surface area contributed by atoms with Crippen LogP contribution in [0.4, 0.5) is 0 Å². The number of hydrogen-bond donors (Lipinski definition) is 1. The number of halogens is 1. The van der Waals surface area contributed by atoms with Gasteiger partial charge >= 0.3 is 5.97 Å². The van der Waals surface area contributed by atoms with E-state index in [0.717, 1.165) is 9.13 Å². The fourth-order valence-electron chi connectivity index (χ4n) is 1.28. The van der Waals surface area contributed by atoms with Gasteiger partial charge in [-0.2, -0.15) is 0 Å². The van der Waals surface area contributed by atoms with Crippen LogP contribution in [0, 0.1) is 3.57 Å². The molecule has 4 heteroatoms. The monoisotopic (exact) mass is 320 g/mol. The average Bonchev–Trinajstić information content (AvgIpc) is 2.17. The van der Waals surface area contributed by atoms with Gasteiger partial charge in [-0.05, 0) is 48.6 Å². The van der Waals surface area contributed by atoms with E-state index in [-0.39, 0.29) is 0 Å². The van der Waals surface area contributed by atoms with Crippen molar-refractivity contribution in [2.24, 2.45) is 0 Å². The summed E-state index contributed by atoms with van der Waals surface area (Å²) in [5.41, 5.74) is 0.727. The first-order chi connectivity index (χ1) is 7.06. The molecular weight excluding hydrogens is 307 g/mol. The minimum Gasteiger partial charge on any atom is -0.494 e. The number of aliphatic carboxylic acids is 1. The van der Waals surface area contributed by atoms with Gasteiger partial charge in [0.05, 0.1) is 12.5 Å². The summed E-state index contributed by atoms with van der Waals surface area (Å²) in [6, 6.07) is 5.56. The van der Waals surface area contributed by atoms with Gasteiger partial charge in [0.1, 0.15) is 5.75 Å². The Labute approximate surface area is 103 Å². The van der Waals surface area contributed by atoms with Crippen LogP contribution in [-0.2, 0) is 4.79 Å². The average molecular weight is 320 g/mol. The van der Waals surface area contributed by atoms with E-state index in [2.05, 4.69) is 22.6 Å². The number of benzene rings is 1. The highest BCUT2D eigenvalue weighted by Gasteiger charge is 2.18. The summed E-state index contributed by atoms with van der Waals surface area (Å²) < 4.78 is 6.46. The molecule has 0 radical (unpaired) electrons. The molecule has 0 aliphatic carbocycles. The Kier molecular flexibility index (Phi) is 4.38. The third kappa shape index (κ3) is 3.09. The molecule has 1 aromatic rings. The number of rotatable bonds is 4. The van der Waals surface area contributed by atoms with Crippen molar-refractivity contribution in [3.63, 3.8) is 0 Å². The summed E-state index contributed by atoms with van der Waals surface area (Å²) in [5.74, 6) is -0.708. The molecule has 1 aromatic carbocycles. The lowest BCUT2D eigenvalue weighted by Gasteiger charge is -2.13. The second-order valence-corrected chi connectivity index (χ2v) is 4.42. The summed E-state index contributed by atoms with van der Waals surface area (Å²) >= 11 is 2.18. The third-order valence-electron chi connectivity index (χ3n) is 2.11. The predicted molar refractivity (Wildman–Crippen MR) is 66.4 cm³/mol. The first kappa shape index (κ1) is 12.3. The fraction of sp³-hybridized carbons (Fsp3) is 0.364. The number of carboxylic acids is 1. The quantitative estimate of drug-likeness (QED) is 0.868. The Morgan fingerprint density at radius 2 is 2.27 bits per heavy atom. The van der Waals surface area contributed by atoms with Gasteiger partial charge in [0, 0.05) is 9.13 Å². The van der Waals surface area contributed by atoms with Crippen molar-refractivity contribution >= 4 is 28.6 Å². The topological polar surface area (TPSA) is 46.5 Å². The van der Waals surface area contributed by atoms with E-state index in [1.165, 1.54) is 0 Å². The summed E-state index contributed by atoms with van der Waals surface area (Å²) in [7, 11) is 0. The molecule has 0 saturated heterocycles. The molecule has 3 nitrogen and oxygen atoms in total. The van der Waals surface area contributed by atoms with Crippen LogP contribution in [0.2, 0.25) is 0 Å². The lowest BCUT2D eigenvalue weighted by molar-refractivity contribution is -0.138. The predicted octanol–water partition coefficient (Wildman–Crippen LogP) is 2.88.